The van der Waals surface area contributed by atoms with E-state index in [4.69, 9.17) is 16.3 Å². The Bertz CT molecular complexity index is 761. The molecule has 0 unspecified atom stereocenters. The molecule has 5 heteroatoms. The number of carbonyl (C=O) groups is 2. The van der Waals surface area contributed by atoms with E-state index in [0.29, 0.717) is 27.6 Å². The van der Waals surface area contributed by atoms with Crippen molar-refractivity contribution in [2.75, 3.05) is 12.4 Å². The molecule has 0 bridgehead atoms. The van der Waals surface area contributed by atoms with Gasteiger partial charge in [0.1, 0.15) is 5.75 Å². The van der Waals surface area contributed by atoms with Crippen molar-refractivity contribution in [1.29, 1.82) is 0 Å². The van der Waals surface area contributed by atoms with E-state index >= 15 is 0 Å². The molecule has 0 aromatic heterocycles. The molecule has 0 heterocycles. The lowest BCUT2D eigenvalue weighted by atomic mass is 9.94. The van der Waals surface area contributed by atoms with E-state index in [1.54, 1.807) is 42.5 Å². The van der Waals surface area contributed by atoms with Gasteiger partial charge in [-0.1, -0.05) is 32.4 Å². The number of rotatable bonds is 4. The lowest BCUT2D eigenvalue weighted by Crippen LogP contribution is -2.28. The first-order valence-electron chi connectivity index (χ1n) is 7.52. The first-order chi connectivity index (χ1) is 11.2. The first-order valence-corrected chi connectivity index (χ1v) is 7.90. The minimum atomic E-state index is -0.580. The Labute approximate surface area is 146 Å². The number of methoxy groups -OCH3 is 1. The summed E-state index contributed by atoms with van der Waals surface area (Å²) in [5.41, 5.74) is 0.740. The van der Waals surface area contributed by atoms with Crippen LogP contribution in [0.25, 0.3) is 0 Å². The number of benzene rings is 2. The van der Waals surface area contributed by atoms with Crippen molar-refractivity contribution >= 4 is 29.0 Å². The van der Waals surface area contributed by atoms with E-state index in [0.717, 1.165) is 0 Å². The monoisotopic (exact) mass is 345 g/mol. The SMILES string of the molecule is COc1ccc(C(=O)c2ccc(Cl)cc2)c(NC(=O)C(C)(C)C)c1. The summed E-state index contributed by atoms with van der Waals surface area (Å²) < 4.78 is 5.20. The van der Waals surface area contributed by atoms with Crippen LogP contribution in [0.15, 0.2) is 42.5 Å². The standard InChI is InChI=1S/C19H20ClNO3/c1-19(2,3)18(23)21-16-11-14(24-4)9-10-15(16)17(22)12-5-7-13(20)8-6-12/h5-11H,1-4H3,(H,21,23). The molecule has 0 aliphatic heterocycles. The summed E-state index contributed by atoms with van der Waals surface area (Å²) in [5.74, 6) is 0.186. The number of ether oxygens (including phenoxy) is 1. The van der Waals surface area contributed by atoms with Crippen LogP contribution in [0.2, 0.25) is 5.02 Å². The molecule has 2 rings (SSSR count). The third kappa shape index (κ3) is 4.15. The molecule has 2 aromatic carbocycles. The highest BCUT2D eigenvalue weighted by molar-refractivity contribution is 6.30. The molecule has 0 saturated carbocycles. The van der Waals surface area contributed by atoms with Gasteiger partial charge in [0.25, 0.3) is 0 Å². The highest BCUT2D eigenvalue weighted by Crippen LogP contribution is 2.27. The van der Waals surface area contributed by atoms with Crippen LogP contribution in [0, 0.1) is 5.41 Å². The topological polar surface area (TPSA) is 55.4 Å². The Balaban J connectivity index is 2.43. The van der Waals surface area contributed by atoms with Crippen LogP contribution in [-0.4, -0.2) is 18.8 Å². The van der Waals surface area contributed by atoms with Gasteiger partial charge in [0.15, 0.2) is 5.78 Å². The Kier molecular flexibility index (Phi) is 5.30. The van der Waals surface area contributed by atoms with E-state index < -0.39 is 5.41 Å². The molecule has 0 aliphatic carbocycles. The maximum Gasteiger partial charge on any atom is 0.229 e. The predicted molar refractivity (Wildman–Crippen MR) is 96.0 cm³/mol. The number of amides is 1. The van der Waals surface area contributed by atoms with Gasteiger partial charge in [-0.2, -0.15) is 0 Å². The van der Waals surface area contributed by atoms with Crippen molar-refractivity contribution in [3.05, 3.63) is 58.6 Å². The molecule has 2 aromatic rings. The number of nitrogens with one attached hydrogen (secondary N) is 1. The molecule has 126 valence electrons. The number of hydrogen-bond acceptors (Lipinski definition) is 3. The fourth-order valence-electron chi connectivity index (χ4n) is 2.02. The molecule has 0 atom stereocenters. The highest BCUT2D eigenvalue weighted by atomic mass is 35.5. The van der Waals surface area contributed by atoms with Crippen molar-refractivity contribution in [2.24, 2.45) is 5.41 Å². The quantitative estimate of drug-likeness (QED) is 0.826. The largest absolute Gasteiger partial charge is 0.497 e. The molecule has 24 heavy (non-hydrogen) atoms. The molecule has 4 nitrogen and oxygen atoms in total. The molecule has 0 saturated heterocycles. The Hall–Kier alpha value is -2.33. The zero-order valence-electron chi connectivity index (χ0n) is 14.1. The first kappa shape index (κ1) is 18.0. The Morgan fingerprint density at radius 1 is 1.04 bits per heavy atom. The number of anilines is 1. The average molecular weight is 346 g/mol. The van der Waals surface area contributed by atoms with Crippen molar-refractivity contribution in [2.45, 2.75) is 20.8 Å². The van der Waals surface area contributed by atoms with Crippen molar-refractivity contribution in [3.8, 4) is 5.75 Å². The number of halogens is 1. The van der Waals surface area contributed by atoms with E-state index in [1.165, 1.54) is 7.11 Å². The summed E-state index contributed by atoms with van der Waals surface area (Å²) >= 11 is 5.87. The van der Waals surface area contributed by atoms with E-state index in [-0.39, 0.29) is 11.7 Å². The average Bonchev–Trinajstić information content (AvgIpc) is 2.54. The second kappa shape index (κ2) is 7.05. The minimum absolute atomic E-state index is 0.180. The molecule has 0 aliphatic rings. The Morgan fingerprint density at radius 3 is 2.21 bits per heavy atom. The van der Waals surface area contributed by atoms with E-state index in [1.807, 2.05) is 20.8 Å². The van der Waals surface area contributed by atoms with Crippen LogP contribution in [-0.2, 0) is 4.79 Å². The van der Waals surface area contributed by atoms with Gasteiger partial charge in [0.05, 0.1) is 12.8 Å². The molecular formula is C19H20ClNO3. The van der Waals surface area contributed by atoms with Gasteiger partial charge in [-0.05, 0) is 36.4 Å². The zero-order chi connectivity index (χ0) is 17.9. The molecule has 1 N–H and O–H groups in total. The fourth-order valence-corrected chi connectivity index (χ4v) is 2.14. The minimum Gasteiger partial charge on any atom is -0.497 e. The van der Waals surface area contributed by atoms with Crippen molar-refractivity contribution in [1.82, 2.24) is 0 Å². The van der Waals surface area contributed by atoms with Crippen LogP contribution in [0.4, 0.5) is 5.69 Å². The number of ketones is 1. The number of hydrogen-bond donors (Lipinski definition) is 1. The molecule has 0 spiro atoms. The highest BCUT2D eigenvalue weighted by Gasteiger charge is 2.24. The van der Waals surface area contributed by atoms with Gasteiger partial charge in [-0.3, -0.25) is 9.59 Å². The van der Waals surface area contributed by atoms with Crippen LogP contribution in [0.5, 0.6) is 5.75 Å². The second-order valence-electron chi connectivity index (χ2n) is 6.45. The molecule has 0 fully saturated rings. The predicted octanol–water partition coefficient (Wildman–Crippen LogP) is 4.56. The smallest absolute Gasteiger partial charge is 0.229 e. The molecular weight excluding hydrogens is 326 g/mol. The van der Waals surface area contributed by atoms with Crippen LogP contribution in [0.1, 0.15) is 36.7 Å². The van der Waals surface area contributed by atoms with Gasteiger partial charge in [-0.15, -0.1) is 0 Å². The zero-order valence-corrected chi connectivity index (χ0v) is 14.9. The fraction of sp³-hybridized carbons (Fsp3) is 0.263. The summed E-state index contributed by atoms with van der Waals surface area (Å²) in [6.07, 6.45) is 0. The summed E-state index contributed by atoms with van der Waals surface area (Å²) in [6, 6.07) is 11.6. The second-order valence-corrected chi connectivity index (χ2v) is 6.89. The summed E-state index contributed by atoms with van der Waals surface area (Å²) in [5, 5.41) is 3.38. The lowest BCUT2D eigenvalue weighted by Gasteiger charge is -2.19. The summed E-state index contributed by atoms with van der Waals surface area (Å²) in [4.78, 5) is 25.1. The maximum absolute atomic E-state index is 12.8. The summed E-state index contributed by atoms with van der Waals surface area (Å²) in [7, 11) is 1.53. The van der Waals surface area contributed by atoms with Gasteiger partial charge in [0, 0.05) is 27.6 Å². The normalized spacial score (nSPS) is 11.0. The lowest BCUT2D eigenvalue weighted by molar-refractivity contribution is -0.123. The van der Waals surface area contributed by atoms with Gasteiger partial charge >= 0.3 is 0 Å². The van der Waals surface area contributed by atoms with Gasteiger partial charge in [-0.25, -0.2) is 0 Å². The van der Waals surface area contributed by atoms with Crippen LogP contribution >= 0.6 is 11.6 Å². The number of carbonyl (C=O) groups excluding carboxylic acids is 2. The third-order valence-electron chi connectivity index (χ3n) is 3.51. The van der Waals surface area contributed by atoms with E-state index in [9.17, 15) is 9.59 Å². The summed E-state index contributed by atoms with van der Waals surface area (Å²) in [6.45, 7) is 5.43. The van der Waals surface area contributed by atoms with Crippen LogP contribution < -0.4 is 10.1 Å². The van der Waals surface area contributed by atoms with Crippen LogP contribution in [0.3, 0.4) is 0 Å². The maximum atomic E-state index is 12.8. The third-order valence-corrected chi connectivity index (χ3v) is 3.76. The van der Waals surface area contributed by atoms with E-state index in [2.05, 4.69) is 5.32 Å². The van der Waals surface area contributed by atoms with Crippen molar-refractivity contribution in [3.63, 3.8) is 0 Å². The molecule has 0 radical (unpaired) electrons. The van der Waals surface area contributed by atoms with Gasteiger partial charge in [0.2, 0.25) is 5.91 Å². The Morgan fingerprint density at radius 2 is 1.67 bits per heavy atom. The molecule has 1 amide bonds. The van der Waals surface area contributed by atoms with Crippen molar-refractivity contribution < 1.29 is 14.3 Å². The van der Waals surface area contributed by atoms with Gasteiger partial charge < -0.3 is 10.1 Å².